The molecule has 3 aromatic heterocycles. The van der Waals surface area contributed by atoms with Crippen LogP contribution in [-0.2, 0) is 4.79 Å². The molecule has 1 amide bonds. The molecule has 0 bridgehead atoms. The molecule has 0 aliphatic rings. The Bertz CT molecular complexity index is 885. The molecule has 1 atom stereocenters. The molecule has 3 aromatic rings. The molecule has 0 aliphatic carbocycles. The molecule has 3 rings (SSSR count). The second kappa shape index (κ2) is 6.52. The van der Waals surface area contributed by atoms with Crippen molar-refractivity contribution in [1.82, 2.24) is 29.9 Å². The van der Waals surface area contributed by atoms with Crippen LogP contribution in [0.1, 0.15) is 23.9 Å². The van der Waals surface area contributed by atoms with Crippen LogP contribution in [0.5, 0.6) is 0 Å². The van der Waals surface area contributed by atoms with Gasteiger partial charge in [0.05, 0.1) is 11.6 Å². The normalized spacial score (nSPS) is 12.3. The van der Waals surface area contributed by atoms with E-state index in [1.807, 2.05) is 20.8 Å². The maximum atomic E-state index is 12.4. The van der Waals surface area contributed by atoms with Crippen molar-refractivity contribution in [2.24, 2.45) is 0 Å². The second-order valence-corrected chi connectivity index (χ2v) is 6.68. The number of aryl methyl sites for hydroxylation is 2. The number of rotatable bonds is 4. The molecule has 8 nitrogen and oxygen atoms in total. The van der Waals surface area contributed by atoms with Crippen LogP contribution < -0.4 is 5.32 Å². The van der Waals surface area contributed by atoms with Gasteiger partial charge in [0.15, 0.2) is 16.6 Å². The molecule has 9 heteroatoms. The van der Waals surface area contributed by atoms with Crippen LogP contribution in [0.4, 0.5) is 5.82 Å². The lowest BCUT2D eigenvalue weighted by Gasteiger charge is -2.12. The van der Waals surface area contributed by atoms with Gasteiger partial charge in [0, 0.05) is 11.4 Å². The Morgan fingerprint density at radius 1 is 1.17 bits per heavy atom. The van der Waals surface area contributed by atoms with E-state index in [4.69, 9.17) is 0 Å². The van der Waals surface area contributed by atoms with Crippen molar-refractivity contribution in [3.05, 3.63) is 29.6 Å². The van der Waals surface area contributed by atoms with Gasteiger partial charge in [-0.05, 0) is 33.3 Å². The number of amides is 1. The van der Waals surface area contributed by atoms with Crippen LogP contribution in [0, 0.1) is 20.8 Å². The summed E-state index contributed by atoms with van der Waals surface area (Å²) >= 11 is 1.31. The summed E-state index contributed by atoms with van der Waals surface area (Å²) in [6.07, 6.45) is 2.88. The molecule has 0 saturated carbocycles. The van der Waals surface area contributed by atoms with Crippen molar-refractivity contribution in [2.45, 2.75) is 38.1 Å². The molecule has 0 aromatic carbocycles. The molecule has 124 valence electrons. The smallest absolute Gasteiger partial charge is 0.238 e. The fourth-order valence-corrected chi connectivity index (χ4v) is 2.95. The summed E-state index contributed by atoms with van der Waals surface area (Å²) in [6.45, 7) is 7.67. The van der Waals surface area contributed by atoms with Crippen molar-refractivity contribution in [1.29, 1.82) is 0 Å². The Balaban J connectivity index is 1.74. The number of H-pyrrole nitrogens is 1. The third kappa shape index (κ3) is 3.21. The first-order valence-corrected chi connectivity index (χ1v) is 8.27. The fourth-order valence-electron chi connectivity index (χ4n) is 2.08. The number of carbonyl (C=O) groups excluding carboxylic acids is 1. The van der Waals surface area contributed by atoms with E-state index in [9.17, 15) is 4.79 Å². The fraction of sp³-hybridized carbons (Fsp3) is 0.333. The number of hydrogen-bond donors (Lipinski definition) is 2. The molecular formula is C15H17N7OS. The van der Waals surface area contributed by atoms with Crippen molar-refractivity contribution in [2.75, 3.05) is 5.32 Å². The Kier molecular flexibility index (Phi) is 4.43. The van der Waals surface area contributed by atoms with Gasteiger partial charge < -0.3 is 10.3 Å². The quantitative estimate of drug-likeness (QED) is 0.552. The van der Waals surface area contributed by atoms with E-state index in [2.05, 4.69) is 35.2 Å². The number of imidazole rings is 1. The minimum absolute atomic E-state index is 0.186. The minimum atomic E-state index is -0.376. The Morgan fingerprint density at radius 3 is 2.58 bits per heavy atom. The van der Waals surface area contributed by atoms with Gasteiger partial charge in [-0.15, -0.1) is 0 Å². The highest BCUT2D eigenvalue weighted by Crippen LogP contribution is 2.23. The first-order chi connectivity index (χ1) is 11.5. The van der Waals surface area contributed by atoms with Crippen molar-refractivity contribution in [3.8, 4) is 0 Å². The molecule has 0 fully saturated rings. The summed E-state index contributed by atoms with van der Waals surface area (Å²) in [5, 5.41) is 3.01. The van der Waals surface area contributed by atoms with Gasteiger partial charge in [0.25, 0.3) is 0 Å². The first kappa shape index (κ1) is 16.3. The van der Waals surface area contributed by atoms with Crippen molar-refractivity contribution < 1.29 is 4.79 Å². The maximum Gasteiger partial charge on any atom is 0.238 e. The van der Waals surface area contributed by atoms with Gasteiger partial charge in [-0.1, -0.05) is 11.8 Å². The Morgan fingerprint density at radius 2 is 1.88 bits per heavy atom. The van der Waals surface area contributed by atoms with Crippen LogP contribution in [0.25, 0.3) is 11.2 Å². The molecule has 24 heavy (non-hydrogen) atoms. The predicted molar refractivity (Wildman–Crippen MR) is 91.9 cm³/mol. The van der Waals surface area contributed by atoms with Gasteiger partial charge in [0.1, 0.15) is 11.8 Å². The molecule has 1 unspecified atom stereocenters. The first-order valence-electron chi connectivity index (χ1n) is 7.39. The van der Waals surface area contributed by atoms with Gasteiger partial charge >= 0.3 is 0 Å². The number of thioether (sulfide) groups is 1. The lowest BCUT2D eigenvalue weighted by Crippen LogP contribution is -2.23. The minimum Gasteiger partial charge on any atom is -0.340 e. The number of anilines is 1. The highest BCUT2D eigenvalue weighted by molar-refractivity contribution is 8.00. The van der Waals surface area contributed by atoms with Gasteiger partial charge in [-0.3, -0.25) is 4.79 Å². The summed E-state index contributed by atoms with van der Waals surface area (Å²) in [6, 6.07) is 0. The number of fused-ring (bicyclic) bond motifs is 1. The van der Waals surface area contributed by atoms with E-state index in [1.54, 1.807) is 6.92 Å². The third-order valence-electron chi connectivity index (χ3n) is 3.73. The molecule has 0 radical (unpaired) electrons. The van der Waals surface area contributed by atoms with E-state index >= 15 is 0 Å². The molecular weight excluding hydrogens is 326 g/mol. The third-order valence-corrected chi connectivity index (χ3v) is 4.69. The van der Waals surface area contributed by atoms with Crippen LogP contribution in [0.15, 0.2) is 17.8 Å². The number of aromatic nitrogens is 6. The highest BCUT2D eigenvalue weighted by Gasteiger charge is 2.19. The lowest BCUT2D eigenvalue weighted by molar-refractivity contribution is -0.115. The molecule has 0 saturated heterocycles. The average Bonchev–Trinajstić information content (AvgIpc) is 3.02. The van der Waals surface area contributed by atoms with Crippen LogP contribution in [-0.4, -0.2) is 41.1 Å². The summed E-state index contributed by atoms with van der Waals surface area (Å²) in [5.41, 5.74) is 4.02. The largest absolute Gasteiger partial charge is 0.340 e. The number of nitrogens with zero attached hydrogens (tertiary/aromatic N) is 5. The number of carbonyl (C=O) groups is 1. The molecule has 3 heterocycles. The maximum absolute atomic E-state index is 12.4. The summed E-state index contributed by atoms with van der Waals surface area (Å²) in [4.78, 5) is 36.4. The number of aromatic amines is 1. The zero-order valence-corrected chi connectivity index (χ0v) is 14.6. The Hall–Kier alpha value is -2.55. The van der Waals surface area contributed by atoms with E-state index in [0.717, 1.165) is 17.0 Å². The molecule has 2 N–H and O–H groups in total. The Labute approximate surface area is 143 Å². The van der Waals surface area contributed by atoms with Crippen LogP contribution in [0.3, 0.4) is 0 Å². The van der Waals surface area contributed by atoms with Crippen molar-refractivity contribution >= 4 is 34.7 Å². The monoisotopic (exact) mass is 343 g/mol. The van der Waals surface area contributed by atoms with Gasteiger partial charge in [-0.2, -0.15) is 0 Å². The van der Waals surface area contributed by atoms with E-state index in [0.29, 0.717) is 22.1 Å². The predicted octanol–water partition coefficient (Wildman–Crippen LogP) is 2.19. The van der Waals surface area contributed by atoms with E-state index in [-0.39, 0.29) is 11.2 Å². The molecule has 0 aliphatic heterocycles. The zero-order chi connectivity index (χ0) is 17.3. The topological polar surface area (TPSA) is 109 Å². The second-order valence-electron chi connectivity index (χ2n) is 5.37. The summed E-state index contributed by atoms with van der Waals surface area (Å²) in [7, 11) is 0. The number of hydrogen-bond acceptors (Lipinski definition) is 7. The van der Waals surface area contributed by atoms with E-state index in [1.165, 1.54) is 24.4 Å². The zero-order valence-electron chi connectivity index (χ0n) is 13.8. The van der Waals surface area contributed by atoms with Crippen LogP contribution >= 0.6 is 11.8 Å². The standard InChI is InChI=1S/C15H17N7OS/c1-7-8(2)20-15(21-9(7)3)24-10(4)14(23)22-13-11-12(17-5-16-11)18-6-19-13/h5-6,10H,1-4H3,(H2,16,17,18,19,22,23). The number of nitrogens with one attached hydrogen (secondary N) is 2. The van der Waals surface area contributed by atoms with Crippen LogP contribution in [0.2, 0.25) is 0 Å². The van der Waals surface area contributed by atoms with Gasteiger partial charge in [0.2, 0.25) is 5.91 Å². The highest BCUT2D eigenvalue weighted by atomic mass is 32.2. The average molecular weight is 343 g/mol. The van der Waals surface area contributed by atoms with Gasteiger partial charge in [-0.25, -0.2) is 24.9 Å². The van der Waals surface area contributed by atoms with Crippen molar-refractivity contribution in [3.63, 3.8) is 0 Å². The SMILES string of the molecule is Cc1nc(SC(C)C(=O)Nc2ncnc3nc[nH]c23)nc(C)c1C. The molecule has 0 spiro atoms. The lowest BCUT2D eigenvalue weighted by atomic mass is 10.2. The summed E-state index contributed by atoms with van der Waals surface area (Å²) in [5.74, 6) is 0.223. The summed E-state index contributed by atoms with van der Waals surface area (Å²) < 4.78 is 0. The van der Waals surface area contributed by atoms with E-state index < -0.39 is 0 Å².